The van der Waals surface area contributed by atoms with Gasteiger partial charge >= 0.3 is 0 Å². The highest BCUT2D eigenvalue weighted by molar-refractivity contribution is 5.91. The maximum absolute atomic E-state index is 11.4. The number of aromatic nitrogens is 1. The zero-order valence-electron chi connectivity index (χ0n) is 8.11. The van der Waals surface area contributed by atoms with Gasteiger partial charge < -0.3 is 4.98 Å². The maximum atomic E-state index is 11.4. The van der Waals surface area contributed by atoms with Crippen molar-refractivity contribution < 1.29 is 0 Å². The Bertz CT molecular complexity index is 469. The Kier molecular flexibility index (Phi) is 1.84. The Morgan fingerprint density at radius 1 is 1.43 bits per heavy atom. The van der Waals surface area contributed by atoms with Crippen LogP contribution < -0.4 is 5.56 Å². The molecule has 1 aromatic heterocycles. The predicted octanol–water partition coefficient (Wildman–Crippen LogP) is 1.29. The molecule has 1 aromatic rings. The zero-order chi connectivity index (χ0) is 10.2. The third-order valence-electron chi connectivity index (χ3n) is 2.02. The number of hydrogen-bond acceptors (Lipinski definition) is 3. The minimum absolute atomic E-state index is 0.152. The van der Waals surface area contributed by atoms with Crippen molar-refractivity contribution in [1.82, 2.24) is 4.98 Å². The molecule has 1 aliphatic rings. The first-order valence-corrected chi connectivity index (χ1v) is 4.41. The van der Waals surface area contributed by atoms with Crippen LogP contribution in [-0.2, 0) is 0 Å². The summed E-state index contributed by atoms with van der Waals surface area (Å²) in [6.45, 7) is 3.88. The van der Waals surface area contributed by atoms with Gasteiger partial charge in [-0.05, 0) is 19.9 Å². The highest BCUT2D eigenvalue weighted by Crippen LogP contribution is 2.18. The van der Waals surface area contributed by atoms with Crippen LogP contribution in [0, 0.1) is 0 Å². The minimum Gasteiger partial charge on any atom is -0.328 e. The van der Waals surface area contributed by atoms with Crippen molar-refractivity contribution >= 4 is 18.1 Å². The second-order valence-corrected chi connectivity index (χ2v) is 3.78. The molecule has 72 valence electrons. The molecular weight excluding hydrogens is 178 g/mol. The number of nitrogens with zero attached hydrogens (tertiary/aromatic N) is 2. The van der Waals surface area contributed by atoms with E-state index in [1.54, 1.807) is 24.7 Å². The first kappa shape index (κ1) is 8.87. The number of rotatable bonds is 0. The lowest BCUT2D eigenvalue weighted by Crippen LogP contribution is -2.18. The van der Waals surface area contributed by atoms with E-state index in [9.17, 15) is 4.79 Å². The van der Waals surface area contributed by atoms with Gasteiger partial charge in [0.1, 0.15) is 0 Å². The standard InChI is InChI=1S/C10H11N3O/c1-10(2)6-12-8-3-4-11-9(14)7(8)5-13-10/h3-6H,1-2H3,(H,11,14). The lowest BCUT2D eigenvalue weighted by molar-refractivity contribution is 0.723. The predicted molar refractivity (Wildman–Crippen MR) is 56.9 cm³/mol. The van der Waals surface area contributed by atoms with E-state index in [1.165, 1.54) is 0 Å². The highest BCUT2D eigenvalue weighted by atomic mass is 16.1. The van der Waals surface area contributed by atoms with Crippen LogP contribution in [0.3, 0.4) is 0 Å². The number of aliphatic imine (C=N–C) groups is 2. The fourth-order valence-electron chi connectivity index (χ4n) is 1.21. The van der Waals surface area contributed by atoms with Crippen molar-refractivity contribution in [3.05, 3.63) is 28.2 Å². The Hall–Kier alpha value is -1.71. The molecule has 0 fully saturated rings. The number of nitrogens with one attached hydrogen (secondary N) is 1. The molecule has 0 saturated heterocycles. The maximum Gasteiger partial charge on any atom is 0.258 e. The Labute approximate surface area is 81.4 Å². The summed E-state index contributed by atoms with van der Waals surface area (Å²) >= 11 is 0. The van der Waals surface area contributed by atoms with Crippen LogP contribution in [0.15, 0.2) is 27.0 Å². The lowest BCUT2D eigenvalue weighted by atomic mass is 10.1. The Balaban J connectivity index is 2.66. The molecule has 2 rings (SSSR count). The molecule has 0 aliphatic carbocycles. The van der Waals surface area contributed by atoms with Crippen LogP contribution >= 0.6 is 0 Å². The smallest absolute Gasteiger partial charge is 0.258 e. The molecule has 0 amide bonds. The van der Waals surface area contributed by atoms with Crippen LogP contribution in [0.1, 0.15) is 19.4 Å². The highest BCUT2D eigenvalue weighted by Gasteiger charge is 2.16. The molecule has 0 saturated carbocycles. The molecule has 0 unspecified atom stereocenters. The molecule has 0 radical (unpaired) electrons. The number of hydrogen-bond donors (Lipinski definition) is 1. The molecular formula is C10H11N3O. The van der Waals surface area contributed by atoms with E-state index in [1.807, 2.05) is 13.8 Å². The molecule has 0 spiro atoms. The van der Waals surface area contributed by atoms with Crippen molar-refractivity contribution in [2.75, 3.05) is 0 Å². The van der Waals surface area contributed by atoms with E-state index in [0.29, 0.717) is 11.3 Å². The number of pyridine rings is 1. The average Bonchev–Trinajstić information content (AvgIpc) is 2.27. The normalized spacial score (nSPS) is 17.6. The number of H-pyrrole nitrogens is 1. The lowest BCUT2D eigenvalue weighted by Gasteiger charge is -2.09. The largest absolute Gasteiger partial charge is 0.328 e. The van der Waals surface area contributed by atoms with Crippen LogP contribution in [0.4, 0.5) is 5.69 Å². The third-order valence-corrected chi connectivity index (χ3v) is 2.02. The molecule has 4 heteroatoms. The molecule has 0 atom stereocenters. The van der Waals surface area contributed by atoms with E-state index < -0.39 is 0 Å². The quantitative estimate of drug-likeness (QED) is 0.656. The molecule has 14 heavy (non-hydrogen) atoms. The summed E-state index contributed by atoms with van der Waals surface area (Å²) < 4.78 is 0. The third kappa shape index (κ3) is 1.51. The van der Waals surface area contributed by atoms with E-state index in [-0.39, 0.29) is 11.1 Å². The fourth-order valence-corrected chi connectivity index (χ4v) is 1.21. The summed E-state index contributed by atoms with van der Waals surface area (Å²) in [5.41, 5.74) is 0.698. The van der Waals surface area contributed by atoms with E-state index >= 15 is 0 Å². The average molecular weight is 189 g/mol. The second-order valence-electron chi connectivity index (χ2n) is 3.78. The van der Waals surface area contributed by atoms with Gasteiger partial charge in [0.05, 0.1) is 16.8 Å². The van der Waals surface area contributed by atoms with Gasteiger partial charge in [-0.25, -0.2) is 0 Å². The monoisotopic (exact) mass is 189 g/mol. The van der Waals surface area contributed by atoms with E-state index in [2.05, 4.69) is 15.0 Å². The Morgan fingerprint density at radius 2 is 2.21 bits per heavy atom. The van der Waals surface area contributed by atoms with Crippen molar-refractivity contribution in [2.45, 2.75) is 19.4 Å². The van der Waals surface area contributed by atoms with Gasteiger partial charge in [0, 0.05) is 18.6 Å². The van der Waals surface area contributed by atoms with Crippen molar-refractivity contribution in [1.29, 1.82) is 0 Å². The van der Waals surface area contributed by atoms with Crippen LogP contribution in [0.2, 0.25) is 0 Å². The second kappa shape index (κ2) is 2.90. The van der Waals surface area contributed by atoms with E-state index in [4.69, 9.17) is 0 Å². The topological polar surface area (TPSA) is 57.6 Å². The van der Waals surface area contributed by atoms with Crippen molar-refractivity contribution in [3.8, 4) is 0 Å². The number of aromatic amines is 1. The molecule has 4 nitrogen and oxygen atoms in total. The summed E-state index contributed by atoms with van der Waals surface area (Å²) in [4.78, 5) is 22.5. The molecule has 1 aliphatic heterocycles. The zero-order valence-corrected chi connectivity index (χ0v) is 8.11. The molecule has 0 bridgehead atoms. The van der Waals surface area contributed by atoms with Gasteiger partial charge in [-0.15, -0.1) is 0 Å². The van der Waals surface area contributed by atoms with Gasteiger partial charge in [0.2, 0.25) is 0 Å². The summed E-state index contributed by atoms with van der Waals surface area (Å²) in [6.07, 6.45) is 4.92. The van der Waals surface area contributed by atoms with Gasteiger partial charge in [0.15, 0.2) is 0 Å². The van der Waals surface area contributed by atoms with E-state index in [0.717, 1.165) is 0 Å². The Morgan fingerprint density at radius 3 is 3.00 bits per heavy atom. The van der Waals surface area contributed by atoms with Gasteiger partial charge in [-0.1, -0.05) is 0 Å². The van der Waals surface area contributed by atoms with Gasteiger partial charge in [-0.3, -0.25) is 14.8 Å². The van der Waals surface area contributed by atoms with Crippen molar-refractivity contribution in [2.24, 2.45) is 9.98 Å². The number of fused-ring (bicyclic) bond motifs is 1. The van der Waals surface area contributed by atoms with Gasteiger partial charge in [-0.2, -0.15) is 0 Å². The summed E-state index contributed by atoms with van der Waals surface area (Å²) in [5, 5.41) is 0. The van der Waals surface area contributed by atoms with Crippen LogP contribution in [0.25, 0.3) is 0 Å². The molecule has 2 heterocycles. The summed E-state index contributed by atoms with van der Waals surface area (Å²) in [7, 11) is 0. The van der Waals surface area contributed by atoms with Crippen LogP contribution in [-0.4, -0.2) is 23.0 Å². The molecule has 1 N–H and O–H groups in total. The first-order chi connectivity index (χ1) is 6.58. The minimum atomic E-state index is -0.342. The SMILES string of the molecule is CC1(C)C=Nc2cc[nH]c(=O)c2C=N1. The summed E-state index contributed by atoms with van der Waals surface area (Å²) in [5.74, 6) is 0. The van der Waals surface area contributed by atoms with Gasteiger partial charge in [0.25, 0.3) is 5.56 Å². The van der Waals surface area contributed by atoms with Crippen LogP contribution in [0.5, 0.6) is 0 Å². The summed E-state index contributed by atoms with van der Waals surface area (Å²) in [6, 6.07) is 1.76. The van der Waals surface area contributed by atoms with Crippen molar-refractivity contribution in [3.63, 3.8) is 0 Å². The fraction of sp³-hybridized carbons (Fsp3) is 0.300. The molecule has 0 aromatic carbocycles. The first-order valence-electron chi connectivity index (χ1n) is 4.41.